The van der Waals surface area contributed by atoms with Gasteiger partial charge < -0.3 is 9.47 Å². The maximum absolute atomic E-state index is 13.2. The number of benzene rings is 2. The average Bonchev–Trinajstić information content (AvgIpc) is 3.19. The van der Waals surface area contributed by atoms with Crippen LogP contribution in [0, 0.1) is 28.5 Å². The minimum Gasteiger partial charge on any atom is -0.493 e. The normalized spacial score (nSPS) is 15.6. The zero-order valence-electron chi connectivity index (χ0n) is 20.3. The van der Waals surface area contributed by atoms with Gasteiger partial charge in [-0.1, -0.05) is 32.9 Å². The molecule has 0 spiro atoms. The predicted octanol–water partition coefficient (Wildman–Crippen LogP) is 8.01. The zero-order valence-corrected chi connectivity index (χ0v) is 22.7. The SMILES string of the molecule is COc1cc(C=Nc2sc3c(c2C#N)CC[C@H](C(C)(C)C)C3)cc(Br)c1OCc1ccc(F)cc1. The molecular weight excluding hydrogens is 527 g/mol. The van der Waals surface area contributed by atoms with E-state index in [-0.39, 0.29) is 17.8 Å². The van der Waals surface area contributed by atoms with Crippen LogP contribution in [0.3, 0.4) is 0 Å². The minimum absolute atomic E-state index is 0.251. The maximum Gasteiger partial charge on any atom is 0.175 e. The van der Waals surface area contributed by atoms with Crippen molar-refractivity contribution in [2.24, 2.45) is 16.3 Å². The molecule has 0 radical (unpaired) electrons. The lowest BCUT2D eigenvalue weighted by Crippen LogP contribution is -2.26. The number of aliphatic imine (C=N–C) groups is 1. The van der Waals surface area contributed by atoms with Gasteiger partial charge in [-0.25, -0.2) is 9.38 Å². The first-order valence-electron chi connectivity index (χ1n) is 11.5. The van der Waals surface area contributed by atoms with Gasteiger partial charge in [-0.05, 0) is 87.5 Å². The highest BCUT2D eigenvalue weighted by Crippen LogP contribution is 2.45. The van der Waals surface area contributed by atoms with Crippen LogP contribution in [0.2, 0.25) is 0 Å². The molecule has 0 amide bonds. The molecular formula is C28H28BrFN2O2S. The summed E-state index contributed by atoms with van der Waals surface area (Å²) >= 11 is 5.21. The second-order valence-electron chi connectivity index (χ2n) is 9.81. The summed E-state index contributed by atoms with van der Waals surface area (Å²) in [7, 11) is 1.58. The number of ether oxygens (including phenoxy) is 2. The Hall–Kier alpha value is -2.69. The van der Waals surface area contributed by atoms with Gasteiger partial charge in [-0.15, -0.1) is 11.3 Å². The summed E-state index contributed by atoms with van der Waals surface area (Å²) < 4.78 is 25.4. The smallest absolute Gasteiger partial charge is 0.175 e. The van der Waals surface area contributed by atoms with Crippen LogP contribution in [0.5, 0.6) is 11.5 Å². The molecule has 3 aromatic rings. The lowest BCUT2D eigenvalue weighted by Gasteiger charge is -2.33. The van der Waals surface area contributed by atoms with Gasteiger partial charge >= 0.3 is 0 Å². The molecule has 1 aliphatic rings. The molecule has 1 aromatic heterocycles. The molecule has 35 heavy (non-hydrogen) atoms. The fourth-order valence-electron chi connectivity index (χ4n) is 4.34. The van der Waals surface area contributed by atoms with Crippen molar-refractivity contribution in [1.29, 1.82) is 5.26 Å². The summed E-state index contributed by atoms with van der Waals surface area (Å²) in [6, 6.07) is 12.3. The van der Waals surface area contributed by atoms with Gasteiger partial charge in [0, 0.05) is 11.1 Å². The van der Waals surface area contributed by atoms with Crippen LogP contribution in [-0.2, 0) is 19.4 Å². The molecule has 0 saturated heterocycles. The molecule has 4 nitrogen and oxygen atoms in total. The molecule has 0 fully saturated rings. The van der Waals surface area contributed by atoms with Crippen LogP contribution in [0.1, 0.15) is 54.3 Å². The van der Waals surface area contributed by atoms with Crippen LogP contribution < -0.4 is 9.47 Å². The van der Waals surface area contributed by atoms with E-state index in [1.54, 1.807) is 36.8 Å². The Morgan fingerprint density at radius 1 is 1.26 bits per heavy atom. The first-order valence-corrected chi connectivity index (χ1v) is 13.1. The van der Waals surface area contributed by atoms with Gasteiger partial charge in [0.2, 0.25) is 0 Å². The monoisotopic (exact) mass is 554 g/mol. The first kappa shape index (κ1) is 25.4. The number of nitriles is 1. The van der Waals surface area contributed by atoms with E-state index < -0.39 is 0 Å². The summed E-state index contributed by atoms with van der Waals surface area (Å²) in [6.45, 7) is 7.15. The molecule has 0 unspecified atom stereocenters. The number of hydrogen-bond acceptors (Lipinski definition) is 5. The number of nitrogens with zero attached hydrogens (tertiary/aromatic N) is 2. The highest BCUT2D eigenvalue weighted by Gasteiger charge is 2.32. The minimum atomic E-state index is -0.281. The Morgan fingerprint density at radius 3 is 2.66 bits per heavy atom. The Morgan fingerprint density at radius 2 is 2.00 bits per heavy atom. The number of halogens is 2. The number of thiophene rings is 1. The van der Waals surface area contributed by atoms with E-state index >= 15 is 0 Å². The molecule has 0 N–H and O–H groups in total. The van der Waals surface area contributed by atoms with E-state index in [1.165, 1.54) is 22.6 Å². The lowest BCUT2D eigenvalue weighted by atomic mass is 9.72. The van der Waals surface area contributed by atoms with Crippen molar-refractivity contribution in [3.05, 3.63) is 73.8 Å². The summed E-state index contributed by atoms with van der Waals surface area (Å²) in [6.07, 6.45) is 4.81. The van der Waals surface area contributed by atoms with Gasteiger partial charge in [0.05, 0.1) is 17.1 Å². The Bertz CT molecular complexity index is 1290. The largest absolute Gasteiger partial charge is 0.493 e. The third kappa shape index (κ3) is 5.76. The number of methoxy groups -OCH3 is 1. The standard InChI is InChI=1S/C28H28BrFN2O2S/c1-28(2,3)19-7-10-21-22(14-31)27(35-25(21)13-19)32-15-18-11-23(29)26(24(12-18)33-4)34-16-17-5-8-20(30)9-6-17/h5-6,8-9,11-12,15,19H,7,10,13,16H2,1-4H3/t19-/m0/s1. The van der Waals surface area contributed by atoms with Crippen LogP contribution in [0.4, 0.5) is 9.39 Å². The molecule has 1 atom stereocenters. The third-order valence-corrected chi connectivity index (χ3v) is 8.21. The van der Waals surface area contributed by atoms with Crippen LogP contribution >= 0.6 is 27.3 Å². The molecule has 0 bridgehead atoms. The van der Waals surface area contributed by atoms with Crippen molar-refractivity contribution in [2.75, 3.05) is 7.11 Å². The van der Waals surface area contributed by atoms with E-state index in [0.29, 0.717) is 23.0 Å². The highest BCUT2D eigenvalue weighted by molar-refractivity contribution is 9.10. The summed E-state index contributed by atoms with van der Waals surface area (Å²) in [4.78, 5) is 6.00. The van der Waals surface area contributed by atoms with Crippen molar-refractivity contribution < 1.29 is 13.9 Å². The van der Waals surface area contributed by atoms with Gasteiger partial charge in [0.25, 0.3) is 0 Å². The number of fused-ring (bicyclic) bond motifs is 1. The van der Waals surface area contributed by atoms with E-state index in [9.17, 15) is 9.65 Å². The fourth-order valence-corrected chi connectivity index (χ4v) is 6.14. The van der Waals surface area contributed by atoms with Crippen molar-refractivity contribution in [2.45, 2.75) is 46.6 Å². The molecule has 182 valence electrons. The highest BCUT2D eigenvalue weighted by atomic mass is 79.9. The zero-order chi connectivity index (χ0) is 25.2. The second kappa shape index (κ2) is 10.5. The fraction of sp³-hybridized carbons (Fsp3) is 0.357. The predicted molar refractivity (Wildman–Crippen MR) is 143 cm³/mol. The van der Waals surface area contributed by atoms with Crippen molar-refractivity contribution in [1.82, 2.24) is 0 Å². The van der Waals surface area contributed by atoms with Crippen LogP contribution in [0.15, 0.2) is 45.9 Å². The van der Waals surface area contributed by atoms with Gasteiger partial charge in [-0.3, -0.25) is 0 Å². The second-order valence-corrected chi connectivity index (χ2v) is 11.7. The molecule has 7 heteroatoms. The first-order chi connectivity index (χ1) is 16.7. The van der Waals surface area contributed by atoms with Crippen LogP contribution in [-0.4, -0.2) is 13.3 Å². The molecule has 1 heterocycles. The molecule has 1 aliphatic carbocycles. The average molecular weight is 556 g/mol. The van der Waals surface area contributed by atoms with E-state index in [2.05, 4.69) is 42.8 Å². The number of rotatable bonds is 6. The van der Waals surface area contributed by atoms with E-state index in [4.69, 9.17) is 14.5 Å². The number of hydrogen-bond donors (Lipinski definition) is 0. The quantitative estimate of drug-likeness (QED) is 0.290. The maximum atomic E-state index is 13.2. The van der Waals surface area contributed by atoms with E-state index in [0.717, 1.165) is 39.9 Å². The van der Waals surface area contributed by atoms with Crippen LogP contribution in [0.25, 0.3) is 0 Å². The third-order valence-electron chi connectivity index (χ3n) is 6.46. The van der Waals surface area contributed by atoms with E-state index in [1.807, 2.05) is 12.1 Å². The van der Waals surface area contributed by atoms with Crippen molar-refractivity contribution in [3.63, 3.8) is 0 Å². The topological polar surface area (TPSA) is 54.6 Å². The summed E-state index contributed by atoms with van der Waals surface area (Å²) in [5, 5.41) is 10.6. The van der Waals surface area contributed by atoms with Gasteiger partial charge in [0.15, 0.2) is 11.5 Å². The van der Waals surface area contributed by atoms with Crippen molar-refractivity contribution >= 4 is 38.5 Å². The van der Waals surface area contributed by atoms with Crippen molar-refractivity contribution in [3.8, 4) is 17.6 Å². The molecule has 0 saturated carbocycles. The molecule has 4 rings (SSSR count). The molecule has 2 aromatic carbocycles. The summed E-state index contributed by atoms with van der Waals surface area (Å²) in [5.41, 5.74) is 3.81. The molecule has 0 aliphatic heterocycles. The van der Waals surface area contributed by atoms with Gasteiger partial charge in [-0.2, -0.15) is 5.26 Å². The summed E-state index contributed by atoms with van der Waals surface area (Å²) in [5.74, 6) is 1.45. The van der Waals surface area contributed by atoms with Gasteiger partial charge in [0.1, 0.15) is 23.5 Å². The Balaban J connectivity index is 1.55. The lowest BCUT2D eigenvalue weighted by molar-refractivity contribution is 0.218. The Labute approximate surface area is 218 Å². The Kier molecular flexibility index (Phi) is 7.63.